The molecule has 12 aromatic rings. The molecule has 16 saturated carbocycles. The number of anilines is 6. The highest BCUT2D eigenvalue weighted by Crippen LogP contribution is 2.73. The SMILES string of the molecule is CC(C)(C)c1cc(-c2cc(-c3cc(C(C)(C)C)cc(C(C)(C)C)c3)cc(N(c3cc(C45CC6CC(CC4C6)C5)cc(C45CC6CC(CC4C6)C5)c3)c3c4ccccc4c(N(c4cc(-c5cc(C(C)(C)C)cc(C(C)(C)C)c5)cc(-c5cc(C(C)(C)C)cc(C(C)(C)C)c5)c4)c4cc(C56CC7CC(CC5C7)C6)cc(C56CC7CC(CC5C7)C6)c4)c4cc(-c5ccccc5)ccc34)c2)cc(C(C)(C)C)c1. The van der Waals surface area contributed by atoms with Gasteiger partial charge in [-0.15, -0.1) is 0 Å². The van der Waals surface area contributed by atoms with Crippen LogP contribution in [0.1, 0.15) is 361 Å². The second-order valence-electron chi connectivity index (χ2n) is 57.1. The normalized spacial score (nSPS) is 28.3. The Morgan fingerprint density at radius 3 is 0.645 bits per heavy atom. The molecule has 0 heterocycles. The van der Waals surface area contributed by atoms with Crippen molar-refractivity contribution in [2.45, 2.75) is 360 Å². The summed E-state index contributed by atoms with van der Waals surface area (Å²) in [4.78, 5) is 5.98. The monoisotopic (exact) mass is 1820 g/mol. The van der Waals surface area contributed by atoms with E-state index < -0.39 is 0 Å². The molecule has 0 N–H and O–H groups in total. The van der Waals surface area contributed by atoms with E-state index >= 15 is 0 Å². The van der Waals surface area contributed by atoms with Crippen LogP contribution in [0.15, 0.2) is 218 Å². The summed E-state index contributed by atoms with van der Waals surface area (Å²) in [7, 11) is 0. The molecule has 0 spiro atoms. The lowest BCUT2D eigenvalue weighted by atomic mass is 9.67. The Hall–Kier alpha value is -9.24. The van der Waals surface area contributed by atoms with E-state index in [4.69, 9.17) is 0 Å². The first-order valence-electron chi connectivity index (χ1n) is 55.0. The molecule has 0 aliphatic heterocycles. The lowest BCUT2D eigenvalue weighted by molar-refractivity contribution is 0.263. The molecule has 0 aromatic heterocycles. The van der Waals surface area contributed by atoms with E-state index in [1.54, 1.807) is 22.3 Å². The van der Waals surface area contributed by atoms with E-state index in [-0.39, 0.29) is 65.0 Å². The third-order valence-corrected chi connectivity index (χ3v) is 39.5. The summed E-state index contributed by atoms with van der Waals surface area (Å²) in [6.07, 6.45) is 27.4. The van der Waals surface area contributed by atoms with Crippen LogP contribution in [0.5, 0.6) is 0 Å². The van der Waals surface area contributed by atoms with Crippen molar-refractivity contribution in [1.29, 1.82) is 0 Å². The highest BCUT2D eigenvalue weighted by Gasteiger charge is 2.64. The van der Waals surface area contributed by atoms with Crippen LogP contribution in [-0.2, 0) is 65.0 Å². The second-order valence-corrected chi connectivity index (χ2v) is 57.1. The Kier molecular flexibility index (Phi) is 20.6. The smallest absolute Gasteiger partial charge is 0.0620 e. The first-order valence-corrected chi connectivity index (χ1v) is 55.0. The number of rotatable bonds is 15. The van der Waals surface area contributed by atoms with Gasteiger partial charge in [0.05, 0.1) is 11.4 Å². The summed E-state index contributed by atoms with van der Waals surface area (Å²) in [5.41, 5.74) is 37.8. The number of hydrogen-bond donors (Lipinski definition) is 0. The van der Waals surface area contributed by atoms with Crippen molar-refractivity contribution < 1.29 is 0 Å². The van der Waals surface area contributed by atoms with Crippen molar-refractivity contribution in [3.8, 4) is 55.6 Å². The van der Waals surface area contributed by atoms with Crippen LogP contribution in [-0.4, -0.2) is 0 Å². The molecular weight excluding hydrogens is 1660 g/mol. The van der Waals surface area contributed by atoms with Gasteiger partial charge in [0.2, 0.25) is 0 Å². The molecule has 16 aliphatic rings. The maximum atomic E-state index is 2.99. The topological polar surface area (TPSA) is 6.48 Å². The fourth-order valence-corrected chi connectivity index (χ4v) is 32.7. The van der Waals surface area contributed by atoms with Crippen molar-refractivity contribution >= 4 is 55.7 Å². The minimum Gasteiger partial charge on any atom is -0.309 e. The average Bonchev–Trinajstić information content (AvgIpc) is 1.50. The molecular formula is C136H160N2. The third-order valence-electron chi connectivity index (χ3n) is 39.5. The highest BCUT2D eigenvalue weighted by molar-refractivity contribution is 6.24. The van der Waals surface area contributed by atoms with Crippen LogP contribution in [0.2, 0.25) is 0 Å². The summed E-state index contributed by atoms with van der Waals surface area (Å²) >= 11 is 0. The second kappa shape index (κ2) is 31.1. The molecule has 16 bridgehead atoms. The summed E-state index contributed by atoms with van der Waals surface area (Å²) in [6, 6.07) is 94.3. The molecule has 714 valence electrons. The van der Waals surface area contributed by atoms with Crippen LogP contribution in [0.3, 0.4) is 0 Å². The molecule has 2 heteroatoms. The Morgan fingerprint density at radius 1 is 0.181 bits per heavy atom. The molecule has 12 aromatic carbocycles. The fraction of sp³-hybridized carbons (Fsp3) is 0.500. The molecule has 0 radical (unpaired) electrons. The van der Waals surface area contributed by atoms with Crippen molar-refractivity contribution in [2.24, 2.45) is 71.0 Å². The Bertz CT molecular complexity index is 6440. The lowest BCUT2D eigenvalue weighted by Gasteiger charge is -2.40. The summed E-state index contributed by atoms with van der Waals surface area (Å²) in [5.74, 6) is 9.25. The summed E-state index contributed by atoms with van der Waals surface area (Å²) in [6.45, 7) is 58.5. The van der Waals surface area contributed by atoms with Gasteiger partial charge < -0.3 is 9.80 Å². The van der Waals surface area contributed by atoms with Gasteiger partial charge >= 0.3 is 0 Å². The first kappa shape index (κ1) is 91.3. The average molecular weight is 1820 g/mol. The van der Waals surface area contributed by atoms with Gasteiger partial charge in [-0.2, -0.15) is 0 Å². The predicted octanol–water partition coefficient (Wildman–Crippen LogP) is 38.0. The largest absolute Gasteiger partial charge is 0.309 e. The molecule has 16 aliphatic carbocycles. The maximum Gasteiger partial charge on any atom is 0.0620 e. The van der Waals surface area contributed by atoms with Crippen LogP contribution in [0.4, 0.5) is 34.1 Å². The van der Waals surface area contributed by atoms with Crippen molar-refractivity contribution in [1.82, 2.24) is 0 Å². The third kappa shape index (κ3) is 15.2. The molecule has 138 heavy (non-hydrogen) atoms. The van der Waals surface area contributed by atoms with Gasteiger partial charge in [0.15, 0.2) is 0 Å². The van der Waals surface area contributed by atoms with E-state index in [1.165, 1.54) is 284 Å². The predicted molar refractivity (Wildman–Crippen MR) is 589 cm³/mol. The van der Waals surface area contributed by atoms with E-state index in [2.05, 4.69) is 394 Å². The number of hydrogen-bond acceptors (Lipinski definition) is 2. The van der Waals surface area contributed by atoms with Gasteiger partial charge in [-0.3, -0.25) is 0 Å². The Morgan fingerprint density at radius 2 is 0.399 bits per heavy atom. The number of benzene rings is 12. The lowest BCUT2D eigenvalue weighted by Crippen LogP contribution is -2.31. The molecule has 0 saturated heterocycles. The molecule has 2 nitrogen and oxygen atoms in total. The summed E-state index contributed by atoms with van der Waals surface area (Å²) < 4.78 is 0. The standard InChI is InChI=1S/C136H160N2/c1-125(2,3)99-50-95(51-100(63-99)126(4,5)6)91-48-92(96-52-101(127(7,8)9)64-102(53-96)128(10,11)12)59-115(58-91)137(117-69-111(133-73-81-36-82(74-133)41-107(133)40-81)67-112(70-117)134-75-83-37-84(76-134)43-108(134)42-83)123-119-32-28-29-33-120(119)124(122-62-90(34-35-121(122)123)89-30-26-25-27-31-89)138(118-71-113(135-77-85-38-86(78-135)45-109(135)44-85)68-114(72-118)136-79-87-39-88(80-136)47-110(136)46-87)116-60-93(97-54-103(129(13,14)15)65-104(55-97)130(16,17)18)49-94(61-116)98-56-105(131(19,20)21)66-106(57-98)132(22,23)24/h25-35,48-72,81-88,107-110H,36-47,73-80H2,1-24H3. The molecule has 8 atom stereocenters. The zero-order chi connectivity index (χ0) is 96.2. The molecule has 8 unspecified atom stereocenters. The van der Waals surface area contributed by atoms with Gasteiger partial charge in [-0.1, -0.05) is 318 Å². The minimum atomic E-state index is -0.112. The van der Waals surface area contributed by atoms with Gasteiger partial charge in [-0.05, 0) is 454 Å². The fourth-order valence-electron chi connectivity index (χ4n) is 32.7. The zero-order valence-electron chi connectivity index (χ0n) is 88.7. The van der Waals surface area contributed by atoms with E-state index in [0.717, 1.165) is 47.3 Å². The number of fused-ring (bicyclic) bond motifs is 2. The van der Waals surface area contributed by atoms with Crippen molar-refractivity contribution in [3.05, 3.63) is 285 Å². The Balaban J connectivity index is 0.870. The summed E-state index contributed by atoms with van der Waals surface area (Å²) in [5, 5.41) is 5.13. The molecule has 28 rings (SSSR count). The van der Waals surface area contributed by atoms with Crippen LogP contribution in [0.25, 0.3) is 77.2 Å². The van der Waals surface area contributed by atoms with E-state index in [9.17, 15) is 0 Å². The van der Waals surface area contributed by atoms with Gasteiger partial charge in [0.1, 0.15) is 0 Å². The van der Waals surface area contributed by atoms with Gasteiger partial charge in [-0.25, -0.2) is 0 Å². The van der Waals surface area contributed by atoms with E-state index in [0.29, 0.717) is 23.7 Å². The van der Waals surface area contributed by atoms with Crippen LogP contribution in [0, 0.1) is 71.0 Å². The quantitative estimate of drug-likeness (QED) is 0.0746. The van der Waals surface area contributed by atoms with Crippen LogP contribution >= 0.6 is 0 Å². The van der Waals surface area contributed by atoms with Crippen molar-refractivity contribution in [2.75, 3.05) is 9.80 Å². The Labute approximate surface area is 831 Å². The zero-order valence-corrected chi connectivity index (χ0v) is 88.7. The van der Waals surface area contributed by atoms with Crippen LogP contribution < -0.4 is 9.80 Å². The highest BCUT2D eigenvalue weighted by atomic mass is 15.2. The maximum absolute atomic E-state index is 2.99. The van der Waals surface area contributed by atoms with E-state index in [1.807, 2.05) is 0 Å². The van der Waals surface area contributed by atoms with Gasteiger partial charge in [0.25, 0.3) is 0 Å². The minimum absolute atomic E-state index is 0.109. The number of nitrogens with zero attached hydrogens (tertiary/aromatic N) is 2. The van der Waals surface area contributed by atoms with Crippen molar-refractivity contribution in [3.63, 3.8) is 0 Å². The first-order chi connectivity index (χ1) is 65.0. The molecule has 0 amide bonds. The molecule has 16 fully saturated rings. The van der Waals surface area contributed by atoms with Gasteiger partial charge in [0, 0.05) is 44.3 Å².